The maximum atomic E-state index is 12.9. The minimum Gasteiger partial charge on any atom is -0.361 e. The monoisotopic (exact) mass is 311 g/mol. The summed E-state index contributed by atoms with van der Waals surface area (Å²) in [6, 6.07) is 2.10. The first-order valence-electron chi connectivity index (χ1n) is 8.35. The highest BCUT2D eigenvalue weighted by Gasteiger charge is 2.45. The highest BCUT2D eigenvalue weighted by atomic mass is 19.3. The van der Waals surface area contributed by atoms with E-state index in [1.165, 1.54) is 12.8 Å². The summed E-state index contributed by atoms with van der Waals surface area (Å²) in [5.74, 6) is -0.546. The SMILES string of the molecule is FC1(F)CC(CN2CCN(Cc3cc(C4CC4)on3)CC2)C1. The van der Waals surface area contributed by atoms with Crippen LogP contribution in [-0.4, -0.2) is 53.6 Å². The predicted octanol–water partition coefficient (Wildman–Crippen LogP) is 2.71. The summed E-state index contributed by atoms with van der Waals surface area (Å²) >= 11 is 0. The Kier molecular flexibility index (Phi) is 3.69. The molecule has 3 aliphatic rings. The molecule has 122 valence electrons. The lowest BCUT2D eigenvalue weighted by Gasteiger charge is -2.41. The minimum atomic E-state index is -2.39. The first-order valence-corrected chi connectivity index (χ1v) is 8.35. The van der Waals surface area contributed by atoms with Gasteiger partial charge in [0.2, 0.25) is 5.92 Å². The fourth-order valence-corrected chi connectivity index (χ4v) is 3.60. The van der Waals surface area contributed by atoms with Gasteiger partial charge >= 0.3 is 0 Å². The van der Waals surface area contributed by atoms with E-state index in [0.717, 1.165) is 50.7 Å². The molecule has 22 heavy (non-hydrogen) atoms. The Bertz CT molecular complexity index is 513. The Balaban J connectivity index is 1.20. The van der Waals surface area contributed by atoms with Crippen molar-refractivity contribution in [2.45, 2.75) is 44.1 Å². The first-order chi connectivity index (χ1) is 10.6. The lowest BCUT2D eigenvalue weighted by molar-refractivity contribution is -0.117. The molecule has 6 heteroatoms. The fourth-order valence-electron chi connectivity index (χ4n) is 3.60. The number of piperazine rings is 1. The van der Waals surface area contributed by atoms with Gasteiger partial charge in [0.1, 0.15) is 5.76 Å². The normalized spacial score (nSPS) is 27.0. The summed E-state index contributed by atoms with van der Waals surface area (Å²) in [5.41, 5.74) is 1.02. The smallest absolute Gasteiger partial charge is 0.248 e. The molecule has 2 heterocycles. The van der Waals surface area contributed by atoms with Gasteiger partial charge < -0.3 is 9.42 Å². The molecule has 0 bridgehead atoms. The zero-order valence-corrected chi connectivity index (χ0v) is 12.8. The molecule has 3 fully saturated rings. The Morgan fingerprint density at radius 2 is 1.82 bits per heavy atom. The fraction of sp³-hybridized carbons (Fsp3) is 0.812. The number of hydrogen-bond donors (Lipinski definition) is 0. The minimum absolute atomic E-state index is 0.0795. The van der Waals surface area contributed by atoms with Crippen LogP contribution in [0.3, 0.4) is 0 Å². The van der Waals surface area contributed by atoms with Crippen molar-refractivity contribution in [2.75, 3.05) is 32.7 Å². The topological polar surface area (TPSA) is 32.5 Å². The van der Waals surface area contributed by atoms with Crippen molar-refractivity contribution in [3.63, 3.8) is 0 Å². The van der Waals surface area contributed by atoms with Gasteiger partial charge in [-0.3, -0.25) is 4.90 Å². The number of hydrogen-bond acceptors (Lipinski definition) is 4. The van der Waals surface area contributed by atoms with Crippen LogP contribution in [0.1, 0.15) is 43.1 Å². The van der Waals surface area contributed by atoms with Crippen LogP contribution in [0.4, 0.5) is 8.78 Å². The van der Waals surface area contributed by atoms with Crippen LogP contribution in [0.25, 0.3) is 0 Å². The maximum Gasteiger partial charge on any atom is 0.248 e. The summed E-state index contributed by atoms with van der Waals surface area (Å²) < 4.78 is 31.1. The lowest BCUT2D eigenvalue weighted by atomic mass is 9.81. The maximum absolute atomic E-state index is 12.9. The van der Waals surface area contributed by atoms with Crippen molar-refractivity contribution in [1.82, 2.24) is 15.0 Å². The molecule has 0 amide bonds. The van der Waals surface area contributed by atoms with Crippen molar-refractivity contribution in [1.29, 1.82) is 0 Å². The molecule has 2 aliphatic carbocycles. The van der Waals surface area contributed by atoms with Crippen LogP contribution < -0.4 is 0 Å². The van der Waals surface area contributed by atoms with Gasteiger partial charge in [0.15, 0.2) is 0 Å². The average molecular weight is 311 g/mol. The van der Waals surface area contributed by atoms with Gasteiger partial charge in [0.25, 0.3) is 0 Å². The van der Waals surface area contributed by atoms with Crippen LogP contribution in [0.5, 0.6) is 0 Å². The molecule has 0 radical (unpaired) electrons. The number of rotatable bonds is 5. The van der Waals surface area contributed by atoms with Gasteiger partial charge in [-0.2, -0.15) is 0 Å². The van der Waals surface area contributed by atoms with Crippen molar-refractivity contribution < 1.29 is 13.3 Å². The van der Waals surface area contributed by atoms with E-state index in [9.17, 15) is 8.78 Å². The summed E-state index contributed by atoms with van der Waals surface area (Å²) in [7, 11) is 0. The molecular weight excluding hydrogens is 288 g/mol. The van der Waals surface area contributed by atoms with Crippen LogP contribution in [0.2, 0.25) is 0 Å². The molecule has 4 nitrogen and oxygen atoms in total. The highest BCUT2D eigenvalue weighted by molar-refractivity contribution is 5.14. The number of nitrogens with zero attached hydrogens (tertiary/aromatic N) is 3. The van der Waals surface area contributed by atoms with Crippen molar-refractivity contribution >= 4 is 0 Å². The van der Waals surface area contributed by atoms with E-state index in [-0.39, 0.29) is 18.8 Å². The van der Waals surface area contributed by atoms with Gasteiger partial charge in [-0.05, 0) is 18.8 Å². The Labute approximate surface area is 129 Å². The van der Waals surface area contributed by atoms with Gasteiger partial charge in [-0.15, -0.1) is 0 Å². The molecule has 4 rings (SSSR count). The Morgan fingerprint density at radius 1 is 1.14 bits per heavy atom. The van der Waals surface area contributed by atoms with E-state index in [4.69, 9.17) is 4.52 Å². The van der Waals surface area contributed by atoms with Crippen LogP contribution >= 0.6 is 0 Å². The van der Waals surface area contributed by atoms with E-state index < -0.39 is 5.92 Å². The zero-order valence-electron chi connectivity index (χ0n) is 12.8. The number of alkyl halides is 2. The van der Waals surface area contributed by atoms with Crippen LogP contribution in [-0.2, 0) is 6.54 Å². The third-order valence-electron chi connectivity index (χ3n) is 5.10. The molecule has 0 aromatic carbocycles. The molecule has 1 saturated heterocycles. The van der Waals surface area contributed by atoms with E-state index in [1.807, 2.05) is 0 Å². The summed E-state index contributed by atoms with van der Waals surface area (Å²) in [6.45, 7) is 5.57. The highest BCUT2D eigenvalue weighted by Crippen LogP contribution is 2.42. The second-order valence-corrected chi connectivity index (χ2v) is 7.20. The molecule has 1 aromatic heterocycles. The Hall–Kier alpha value is -1.01. The molecule has 0 N–H and O–H groups in total. The zero-order chi connectivity index (χ0) is 15.2. The molecule has 0 spiro atoms. The quantitative estimate of drug-likeness (QED) is 0.837. The Morgan fingerprint density at radius 3 is 2.45 bits per heavy atom. The first kappa shape index (κ1) is 14.6. The van der Waals surface area contributed by atoms with E-state index in [0.29, 0.717) is 5.92 Å². The van der Waals surface area contributed by atoms with Gasteiger partial charge in [-0.25, -0.2) is 8.78 Å². The van der Waals surface area contributed by atoms with E-state index in [1.54, 1.807) is 0 Å². The van der Waals surface area contributed by atoms with Gasteiger partial charge in [0.05, 0.1) is 5.69 Å². The predicted molar refractivity (Wildman–Crippen MR) is 77.9 cm³/mol. The molecule has 0 unspecified atom stereocenters. The lowest BCUT2D eigenvalue weighted by Crippen LogP contribution is -2.50. The van der Waals surface area contributed by atoms with Gasteiger partial charge in [0, 0.05) is 64.1 Å². The van der Waals surface area contributed by atoms with Crippen molar-refractivity contribution in [3.8, 4) is 0 Å². The summed E-state index contributed by atoms with van der Waals surface area (Å²) in [5, 5.41) is 4.16. The number of aromatic nitrogens is 1. The number of halogens is 2. The van der Waals surface area contributed by atoms with Gasteiger partial charge in [-0.1, -0.05) is 5.16 Å². The molecule has 1 aliphatic heterocycles. The van der Waals surface area contributed by atoms with Crippen LogP contribution in [0, 0.1) is 5.92 Å². The summed E-state index contributed by atoms with van der Waals surface area (Å²) in [4.78, 5) is 4.70. The average Bonchev–Trinajstić information content (AvgIpc) is 3.20. The standard InChI is InChI=1S/C16H23F2N3O/c17-16(18)8-12(9-16)10-20-3-5-21(6-4-20)11-14-7-15(22-19-14)13-1-2-13/h7,12-13H,1-6,8-11H2. The third kappa shape index (κ3) is 3.33. The molecule has 0 atom stereocenters. The van der Waals surface area contributed by atoms with Crippen molar-refractivity contribution in [3.05, 3.63) is 17.5 Å². The summed E-state index contributed by atoms with van der Waals surface area (Å²) in [6.07, 6.45) is 2.62. The second-order valence-electron chi connectivity index (χ2n) is 7.20. The van der Waals surface area contributed by atoms with E-state index in [2.05, 4.69) is 21.0 Å². The third-order valence-corrected chi connectivity index (χ3v) is 5.10. The molecule has 1 aromatic rings. The second kappa shape index (κ2) is 5.57. The van der Waals surface area contributed by atoms with Crippen LogP contribution in [0.15, 0.2) is 10.6 Å². The largest absolute Gasteiger partial charge is 0.361 e. The molecular formula is C16H23F2N3O. The van der Waals surface area contributed by atoms with E-state index >= 15 is 0 Å². The van der Waals surface area contributed by atoms with Crippen molar-refractivity contribution in [2.24, 2.45) is 5.92 Å². The molecule has 2 saturated carbocycles.